The lowest BCUT2D eigenvalue weighted by molar-refractivity contribution is 0.571. The first-order valence-electron chi connectivity index (χ1n) is 5.08. The van der Waals surface area contributed by atoms with E-state index in [1.807, 2.05) is 0 Å². The minimum absolute atomic E-state index is 0.0749. The van der Waals surface area contributed by atoms with Gasteiger partial charge in [-0.05, 0) is 40.2 Å². The number of rotatable bonds is 3. The lowest BCUT2D eigenvalue weighted by Crippen LogP contribution is -2.17. The van der Waals surface area contributed by atoms with E-state index in [1.54, 1.807) is 6.07 Å². The number of nitrogen functional groups attached to an aromatic ring is 1. The van der Waals surface area contributed by atoms with E-state index in [2.05, 4.69) is 25.6 Å². The summed E-state index contributed by atoms with van der Waals surface area (Å²) in [5.41, 5.74) is 5.34. The van der Waals surface area contributed by atoms with Crippen molar-refractivity contribution in [1.29, 1.82) is 0 Å². The predicted octanol–water partition coefficient (Wildman–Crippen LogP) is 2.37. The summed E-state index contributed by atoms with van der Waals surface area (Å²) >= 11 is 3.17. The average Bonchev–Trinajstić information content (AvgIpc) is 2.31. The normalized spacial score (nSPS) is 11.3. The van der Waals surface area contributed by atoms with Gasteiger partial charge in [-0.25, -0.2) is 17.8 Å². The highest BCUT2D eigenvalue weighted by atomic mass is 79.9. The third-order valence-corrected chi connectivity index (χ3v) is 4.15. The number of nitrogens with one attached hydrogen (secondary N) is 1. The van der Waals surface area contributed by atoms with Gasteiger partial charge in [0.2, 0.25) is 0 Å². The van der Waals surface area contributed by atoms with Crippen LogP contribution >= 0.6 is 15.9 Å². The number of halogens is 2. The Hall–Kier alpha value is -1.67. The smallest absolute Gasteiger partial charge is 0.268 e. The van der Waals surface area contributed by atoms with E-state index >= 15 is 0 Å². The third-order valence-electron chi connectivity index (χ3n) is 2.23. The maximum atomic E-state index is 13.6. The fourth-order valence-electron chi connectivity index (χ4n) is 1.43. The summed E-state index contributed by atoms with van der Waals surface area (Å²) in [4.78, 5) is 3.26. The van der Waals surface area contributed by atoms with Crippen LogP contribution in [0.1, 0.15) is 0 Å². The Labute approximate surface area is 117 Å². The van der Waals surface area contributed by atoms with E-state index in [0.717, 1.165) is 6.07 Å². The molecule has 1 aromatic heterocycles. The summed E-state index contributed by atoms with van der Waals surface area (Å²) in [6, 6.07) is 6.72. The number of sulfonamides is 1. The Balaban J connectivity index is 2.41. The number of hydrogen-bond donors (Lipinski definition) is 2. The van der Waals surface area contributed by atoms with Crippen LogP contribution in [-0.2, 0) is 10.0 Å². The summed E-state index contributed by atoms with van der Waals surface area (Å²) in [7, 11) is -4.12. The van der Waals surface area contributed by atoms with Crippen molar-refractivity contribution in [3.63, 3.8) is 0 Å². The fraction of sp³-hybridized carbons (Fsp3) is 0. The molecule has 0 saturated heterocycles. The van der Waals surface area contributed by atoms with Crippen molar-refractivity contribution >= 4 is 37.5 Å². The number of aromatic nitrogens is 1. The minimum Gasteiger partial charge on any atom is -0.398 e. The molecule has 2 aromatic rings. The van der Waals surface area contributed by atoms with E-state index in [9.17, 15) is 12.8 Å². The molecule has 0 unspecified atom stereocenters. The molecule has 0 radical (unpaired) electrons. The highest BCUT2D eigenvalue weighted by Gasteiger charge is 2.22. The van der Waals surface area contributed by atoms with Gasteiger partial charge in [0, 0.05) is 10.7 Å². The molecular formula is C11H9BrFN3O2S. The van der Waals surface area contributed by atoms with Crippen LogP contribution in [0.2, 0.25) is 0 Å². The number of nitrogens with two attached hydrogens (primary N) is 1. The molecule has 1 heterocycles. The Bertz CT molecular complexity index is 684. The second-order valence-electron chi connectivity index (χ2n) is 3.63. The van der Waals surface area contributed by atoms with Crippen LogP contribution in [0.15, 0.2) is 45.9 Å². The van der Waals surface area contributed by atoms with E-state index in [0.29, 0.717) is 4.47 Å². The molecule has 0 bridgehead atoms. The summed E-state index contributed by atoms with van der Waals surface area (Å²) in [5.74, 6) is -0.838. The highest BCUT2D eigenvalue weighted by molar-refractivity contribution is 9.10. The molecule has 5 nitrogen and oxygen atoms in total. The molecule has 8 heteroatoms. The van der Waals surface area contributed by atoms with E-state index in [1.165, 1.54) is 24.4 Å². The van der Waals surface area contributed by atoms with Gasteiger partial charge in [-0.2, -0.15) is 0 Å². The van der Waals surface area contributed by atoms with E-state index in [4.69, 9.17) is 5.73 Å². The molecule has 3 N–H and O–H groups in total. The fourth-order valence-corrected chi connectivity index (χ4v) is 2.87. The van der Waals surface area contributed by atoms with Gasteiger partial charge in [0.05, 0.1) is 5.69 Å². The third kappa shape index (κ3) is 3.02. The van der Waals surface area contributed by atoms with Crippen LogP contribution < -0.4 is 10.5 Å². The molecule has 0 saturated carbocycles. The highest BCUT2D eigenvalue weighted by Crippen LogP contribution is 2.24. The van der Waals surface area contributed by atoms with Crippen LogP contribution in [0.3, 0.4) is 0 Å². The molecule has 2 rings (SSSR count). The summed E-state index contributed by atoms with van der Waals surface area (Å²) in [6.45, 7) is 0. The van der Waals surface area contributed by atoms with Crippen molar-refractivity contribution in [2.45, 2.75) is 4.90 Å². The molecule has 0 aliphatic rings. The molecule has 0 spiro atoms. The predicted molar refractivity (Wildman–Crippen MR) is 73.6 cm³/mol. The first-order chi connectivity index (χ1) is 8.90. The number of hydrogen-bond acceptors (Lipinski definition) is 4. The lowest BCUT2D eigenvalue weighted by Gasteiger charge is -2.10. The molecule has 1 aromatic carbocycles. The van der Waals surface area contributed by atoms with E-state index < -0.39 is 20.7 Å². The van der Waals surface area contributed by atoms with Gasteiger partial charge in [-0.15, -0.1) is 0 Å². The molecule has 0 amide bonds. The molecule has 19 heavy (non-hydrogen) atoms. The number of pyridine rings is 1. The van der Waals surface area contributed by atoms with Crippen molar-refractivity contribution in [2.24, 2.45) is 0 Å². The number of benzene rings is 1. The van der Waals surface area contributed by atoms with Crippen molar-refractivity contribution in [2.75, 3.05) is 10.5 Å². The van der Waals surface area contributed by atoms with Gasteiger partial charge >= 0.3 is 0 Å². The second kappa shape index (κ2) is 5.14. The molecular weight excluding hydrogens is 337 g/mol. The standard InChI is InChI=1S/C11H9BrFN3O2S/c12-7-4-5-10(15-6-7)16-19(17,18)11-8(13)2-1-3-9(11)14/h1-6H,14H2,(H,15,16). The van der Waals surface area contributed by atoms with Crippen LogP contribution in [0.25, 0.3) is 0 Å². The largest absolute Gasteiger partial charge is 0.398 e. The van der Waals surface area contributed by atoms with Crippen molar-refractivity contribution in [3.8, 4) is 0 Å². The SMILES string of the molecule is Nc1cccc(F)c1S(=O)(=O)Nc1ccc(Br)cn1. The molecule has 100 valence electrons. The Morgan fingerprint density at radius 1 is 1.26 bits per heavy atom. The maximum Gasteiger partial charge on any atom is 0.268 e. The van der Waals surface area contributed by atoms with Crippen LogP contribution in [0, 0.1) is 5.82 Å². The van der Waals surface area contributed by atoms with Gasteiger partial charge in [0.1, 0.15) is 16.5 Å². The molecule has 0 fully saturated rings. The Morgan fingerprint density at radius 3 is 2.58 bits per heavy atom. The molecule has 0 aliphatic heterocycles. The Kier molecular flexibility index (Phi) is 3.72. The van der Waals surface area contributed by atoms with Crippen molar-refractivity contribution in [1.82, 2.24) is 4.98 Å². The van der Waals surface area contributed by atoms with Crippen molar-refractivity contribution in [3.05, 3.63) is 46.8 Å². The zero-order chi connectivity index (χ0) is 14.0. The number of anilines is 2. The van der Waals surface area contributed by atoms with E-state index in [-0.39, 0.29) is 11.5 Å². The molecule has 0 atom stereocenters. The second-order valence-corrected chi connectivity index (χ2v) is 6.16. The van der Waals surface area contributed by atoms with Gasteiger partial charge in [0.15, 0.2) is 0 Å². The maximum absolute atomic E-state index is 13.6. The van der Waals surface area contributed by atoms with Gasteiger partial charge in [0.25, 0.3) is 10.0 Å². The van der Waals surface area contributed by atoms with Crippen molar-refractivity contribution < 1.29 is 12.8 Å². The summed E-state index contributed by atoms with van der Waals surface area (Å²) in [5, 5.41) is 0. The van der Waals surface area contributed by atoms with Gasteiger partial charge in [-0.1, -0.05) is 6.07 Å². The topological polar surface area (TPSA) is 85.1 Å². The zero-order valence-electron chi connectivity index (χ0n) is 9.47. The first kappa shape index (κ1) is 13.8. The molecule has 0 aliphatic carbocycles. The lowest BCUT2D eigenvalue weighted by atomic mass is 10.3. The summed E-state index contributed by atoms with van der Waals surface area (Å²) < 4.78 is 40.5. The van der Waals surface area contributed by atoms with Gasteiger partial charge in [-0.3, -0.25) is 4.72 Å². The quantitative estimate of drug-likeness (QED) is 0.836. The van der Waals surface area contributed by atoms with Crippen LogP contribution in [-0.4, -0.2) is 13.4 Å². The Morgan fingerprint density at radius 2 is 2.00 bits per heavy atom. The van der Waals surface area contributed by atoms with Gasteiger partial charge < -0.3 is 5.73 Å². The summed E-state index contributed by atoms with van der Waals surface area (Å²) in [6.07, 6.45) is 1.42. The zero-order valence-corrected chi connectivity index (χ0v) is 11.9. The monoisotopic (exact) mass is 345 g/mol. The van der Waals surface area contributed by atoms with Crippen LogP contribution in [0.4, 0.5) is 15.9 Å². The first-order valence-corrected chi connectivity index (χ1v) is 7.36. The number of nitrogens with zero attached hydrogens (tertiary/aromatic N) is 1. The minimum atomic E-state index is -4.12. The van der Waals surface area contributed by atoms with Crippen LogP contribution in [0.5, 0.6) is 0 Å². The average molecular weight is 346 g/mol.